The number of likely N-dealkylation sites (tertiary alicyclic amines) is 2. The smallest absolute Gasteiger partial charge is 0.222 e. The maximum atomic E-state index is 12.4. The van der Waals surface area contributed by atoms with Crippen molar-refractivity contribution in [1.82, 2.24) is 14.8 Å². The van der Waals surface area contributed by atoms with E-state index >= 15 is 0 Å². The van der Waals surface area contributed by atoms with Crippen LogP contribution in [0.3, 0.4) is 0 Å². The van der Waals surface area contributed by atoms with Crippen LogP contribution in [0.1, 0.15) is 51.5 Å². The van der Waals surface area contributed by atoms with Crippen molar-refractivity contribution in [3.8, 4) is 0 Å². The van der Waals surface area contributed by atoms with E-state index in [0.29, 0.717) is 17.7 Å². The van der Waals surface area contributed by atoms with Gasteiger partial charge in [0.15, 0.2) is 0 Å². The van der Waals surface area contributed by atoms with E-state index < -0.39 is 0 Å². The highest BCUT2D eigenvalue weighted by atomic mass is 16.2. The molecule has 0 radical (unpaired) electrons. The number of pyridine rings is 1. The summed E-state index contributed by atoms with van der Waals surface area (Å²) in [5.41, 5.74) is 1.50. The Bertz CT molecular complexity index is 545. The van der Waals surface area contributed by atoms with Gasteiger partial charge >= 0.3 is 0 Å². The second-order valence-corrected chi connectivity index (χ2v) is 8.17. The van der Waals surface area contributed by atoms with Gasteiger partial charge in [-0.25, -0.2) is 0 Å². The van der Waals surface area contributed by atoms with Gasteiger partial charge in [0.2, 0.25) is 5.91 Å². The SMILES string of the molecule is CC(C)CCN1CCC[C@]2(CCC(=O)N(Cc3ccncc3)C2)C1. The molecule has 4 nitrogen and oxygen atoms in total. The first-order valence-corrected chi connectivity index (χ1v) is 9.45. The van der Waals surface area contributed by atoms with Gasteiger partial charge in [-0.1, -0.05) is 13.8 Å². The molecule has 0 bridgehead atoms. The third-order valence-electron chi connectivity index (χ3n) is 5.63. The minimum Gasteiger partial charge on any atom is -0.338 e. The summed E-state index contributed by atoms with van der Waals surface area (Å²) in [5, 5.41) is 0. The summed E-state index contributed by atoms with van der Waals surface area (Å²) in [6.45, 7) is 9.86. The van der Waals surface area contributed by atoms with Crippen LogP contribution in [0.4, 0.5) is 0 Å². The molecule has 1 aromatic rings. The number of piperidine rings is 2. The minimum atomic E-state index is 0.316. The van der Waals surface area contributed by atoms with Crippen molar-refractivity contribution in [3.63, 3.8) is 0 Å². The topological polar surface area (TPSA) is 36.4 Å². The molecule has 1 amide bonds. The molecule has 1 atom stereocenters. The number of hydrogen-bond donors (Lipinski definition) is 0. The number of nitrogens with zero attached hydrogens (tertiary/aromatic N) is 3. The van der Waals surface area contributed by atoms with Crippen LogP contribution in [0.25, 0.3) is 0 Å². The Morgan fingerprint density at radius 3 is 2.75 bits per heavy atom. The number of aromatic nitrogens is 1. The normalized spacial score (nSPS) is 25.6. The molecule has 0 saturated carbocycles. The molecule has 2 aliphatic rings. The Kier molecular flexibility index (Phi) is 5.54. The second-order valence-electron chi connectivity index (χ2n) is 8.17. The molecule has 1 spiro atoms. The number of amides is 1. The Labute approximate surface area is 146 Å². The van der Waals surface area contributed by atoms with Gasteiger partial charge < -0.3 is 9.80 Å². The third-order valence-corrected chi connectivity index (χ3v) is 5.63. The molecule has 2 fully saturated rings. The summed E-state index contributed by atoms with van der Waals surface area (Å²) < 4.78 is 0. The van der Waals surface area contributed by atoms with Crippen LogP contribution in [0.5, 0.6) is 0 Å². The maximum Gasteiger partial charge on any atom is 0.222 e. The van der Waals surface area contributed by atoms with Gasteiger partial charge in [0.05, 0.1) is 0 Å². The molecule has 0 aromatic carbocycles. The summed E-state index contributed by atoms with van der Waals surface area (Å²) in [7, 11) is 0. The quantitative estimate of drug-likeness (QED) is 0.831. The fourth-order valence-electron chi connectivity index (χ4n) is 4.23. The van der Waals surface area contributed by atoms with E-state index in [1.807, 2.05) is 24.5 Å². The summed E-state index contributed by atoms with van der Waals surface area (Å²) in [5.74, 6) is 1.08. The van der Waals surface area contributed by atoms with Crippen molar-refractivity contribution in [2.24, 2.45) is 11.3 Å². The lowest BCUT2D eigenvalue weighted by Crippen LogP contribution is -2.53. The van der Waals surface area contributed by atoms with E-state index in [1.54, 1.807) is 0 Å². The van der Waals surface area contributed by atoms with Gasteiger partial charge in [-0.2, -0.15) is 0 Å². The summed E-state index contributed by atoms with van der Waals surface area (Å²) in [4.78, 5) is 21.2. The van der Waals surface area contributed by atoms with Crippen molar-refractivity contribution in [1.29, 1.82) is 0 Å². The van der Waals surface area contributed by atoms with Gasteiger partial charge in [0.25, 0.3) is 0 Å². The maximum absolute atomic E-state index is 12.4. The van der Waals surface area contributed by atoms with E-state index in [0.717, 1.165) is 25.4 Å². The van der Waals surface area contributed by atoms with Crippen LogP contribution >= 0.6 is 0 Å². The van der Waals surface area contributed by atoms with Gasteiger partial charge in [-0.15, -0.1) is 0 Å². The third kappa shape index (κ3) is 4.35. The molecule has 0 unspecified atom stereocenters. The number of hydrogen-bond acceptors (Lipinski definition) is 3. The largest absolute Gasteiger partial charge is 0.338 e. The first kappa shape index (κ1) is 17.4. The summed E-state index contributed by atoms with van der Waals surface area (Å²) in [6, 6.07) is 4.04. The zero-order valence-electron chi connectivity index (χ0n) is 15.2. The average Bonchev–Trinajstić information content (AvgIpc) is 2.58. The van der Waals surface area contributed by atoms with Crippen LogP contribution in [0.15, 0.2) is 24.5 Å². The molecular formula is C20H31N3O. The molecular weight excluding hydrogens is 298 g/mol. The molecule has 0 aliphatic carbocycles. The fraction of sp³-hybridized carbons (Fsp3) is 0.700. The molecule has 1 aromatic heterocycles. The highest BCUT2D eigenvalue weighted by molar-refractivity contribution is 5.77. The summed E-state index contributed by atoms with van der Waals surface area (Å²) in [6.07, 6.45) is 9.22. The highest BCUT2D eigenvalue weighted by Gasteiger charge is 2.41. The van der Waals surface area contributed by atoms with Crippen molar-refractivity contribution in [2.45, 2.75) is 52.5 Å². The average molecular weight is 329 g/mol. The molecule has 3 rings (SSSR count). The van der Waals surface area contributed by atoms with E-state index in [1.165, 1.54) is 44.5 Å². The highest BCUT2D eigenvalue weighted by Crippen LogP contribution is 2.39. The molecule has 2 aliphatic heterocycles. The molecule has 4 heteroatoms. The van der Waals surface area contributed by atoms with Crippen LogP contribution in [0.2, 0.25) is 0 Å². The Morgan fingerprint density at radius 1 is 1.21 bits per heavy atom. The zero-order valence-corrected chi connectivity index (χ0v) is 15.2. The molecule has 132 valence electrons. The second kappa shape index (κ2) is 7.64. The van der Waals surface area contributed by atoms with Gasteiger partial charge in [0, 0.05) is 43.9 Å². The van der Waals surface area contributed by atoms with E-state index in [-0.39, 0.29) is 0 Å². The molecule has 0 N–H and O–H groups in total. The van der Waals surface area contributed by atoms with Gasteiger partial charge in [-0.3, -0.25) is 9.78 Å². The number of rotatable bonds is 5. The van der Waals surface area contributed by atoms with Crippen LogP contribution < -0.4 is 0 Å². The standard InChI is InChI=1S/C20H31N3O/c1-17(2)7-13-22-12-3-8-20(15-22)9-4-19(24)23(16-20)14-18-5-10-21-11-6-18/h5-6,10-11,17H,3-4,7-9,12-16H2,1-2H3/t20-/m0/s1. The Morgan fingerprint density at radius 2 is 2.00 bits per heavy atom. The van der Waals surface area contributed by atoms with Crippen LogP contribution in [-0.2, 0) is 11.3 Å². The first-order chi connectivity index (χ1) is 11.6. The van der Waals surface area contributed by atoms with E-state index in [2.05, 4.69) is 28.6 Å². The Balaban J connectivity index is 1.63. The van der Waals surface area contributed by atoms with E-state index in [4.69, 9.17) is 0 Å². The van der Waals surface area contributed by atoms with Crippen molar-refractivity contribution >= 4 is 5.91 Å². The zero-order chi connectivity index (χ0) is 17.0. The van der Waals surface area contributed by atoms with E-state index in [9.17, 15) is 4.79 Å². The predicted octanol–water partition coefficient (Wildman–Crippen LogP) is 3.33. The lowest BCUT2D eigenvalue weighted by Gasteiger charge is -2.48. The van der Waals surface area contributed by atoms with Crippen molar-refractivity contribution in [2.75, 3.05) is 26.2 Å². The monoisotopic (exact) mass is 329 g/mol. The van der Waals surface area contributed by atoms with Gasteiger partial charge in [-0.05, 0) is 62.4 Å². The Hall–Kier alpha value is -1.42. The predicted molar refractivity (Wildman–Crippen MR) is 96.5 cm³/mol. The number of carbonyl (C=O) groups excluding carboxylic acids is 1. The van der Waals surface area contributed by atoms with Crippen LogP contribution in [-0.4, -0.2) is 46.9 Å². The minimum absolute atomic E-state index is 0.316. The molecule has 2 saturated heterocycles. The van der Waals surface area contributed by atoms with Crippen molar-refractivity contribution < 1.29 is 4.79 Å². The van der Waals surface area contributed by atoms with Crippen molar-refractivity contribution in [3.05, 3.63) is 30.1 Å². The molecule has 3 heterocycles. The lowest BCUT2D eigenvalue weighted by atomic mass is 9.73. The van der Waals surface area contributed by atoms with Gasteiger partial charge in [0.1, 0.15) is 0 Å². The lowest BCUT2D eigenvalue weighted by molar-refractivity contribution is -0.140. The summed E-state index contributed by atoms with van der Waals surface area (Å²) >= 11 is 0. The molecule has 24 heavy (non-hydrogen) atoms. The van der Waals surface area contributed by atoms with Crippen LogP contribution in [0, 0.1) is 11.3 Å². The number of carbonyl (C=O) groups is 1. The fourth-order valence-corrected chi connectivity index (χ4v) is 4.23. The first-order valence-electron chi connectivity index (χ1n) is 9.45.